The summed E-state index contributed by atoms with van der Waals surface area (Å²) in [6.45, 7) is 0. The lowest BCUT2D eigenvalue weighted by Crippen LogP contribution is -2.26. The molecular weight excluding hydrogens is 296 g/mol. The van der Waals surface area contributed by atoms with E-state index >= 15 is 0 Å². The van der Waals surface area contributed by atoms with Crippen molar-refractivity contribution >= 4 is 33.5 Å². The maximum Gasteiger partial charge on any atom is 0.348 e. The van der Waals surface area contributed by atoms with Gasteiger partial charge in [-0.3, -0.25) is 4.79 Å². The quantitative estimate of drug-likeness (QED) is 0.792. The van der Waals surface area contributed by atoms with Crippen molar-refractivity contribution in [3.63, 3.8) is 0 Å². The van der Waals surface area contributed by atoms with Gasteiger partial charge in [-0.25, -0.2) is 9.78 Å². The molecule has 2 aromatic heterocycles. The van der Waals surface area contributed by atoms with Gasteiger partial charge in [0.1, 0.15) is 15.5 Å². The van der Waals surface area contributed by atoms with Gasteiger partial charge in [0.25, 0.3) is 5.56 Å². The van der Waals surface area contributed by atoms with Gasteiger partial charge in [0.15, 0.2) is 0 Å². The fraction of sp³-hybridized carbons (Fsp3) is 0.385. The maximum absolute atomic E-state index is 12.2. The van der Waals surface area contributed by atoms with E-state index < -0.39 is 23.9 Å². The number of fused-ring (bicyclic) bond motifs is 1. The van der Waals surface area contributed by atoms with Crippen LogP contribution in [0.3, 0.4) is 0 Å². The zero-order valence-electron chi connectivity index (χ0n) is 11.1. The number of nitrogens with one attached hydrogen (secondary N) is 1. The van der Waals surface area contributed by atoms with Crippen LogP contribution in [-0.2, 0) is 16.0 Å². The van der Waals surface area contributed by atoms with Crippen LogP contribution in [0.1, 0.15) is 39.8 Å². The predicted molar refractivity (Wildman–Crippen MR) is 72.3 cm³/mol. The van der Waals surface area contributed by atoms with Crippen molar-refractivity contribution in [2.45, 2.75) is 25.2 Å². The van der Waals surface area contributed by atoms with Crippen molar-refractivity contribution < 1.29 is 19.4 Å². The molecule has 1 N–H and O–H groups in total. The van der Waals surface area contributed by atoms with Gasteiger partial charge in [-0.1, -0.05) is 0 Å². The van der Waals surface area contributed by atoms with Crippen LogP contribution in [-0.4, -0.2) is 29.0 Å². The van der Waals surface area contributed by atoms with Crippen LogP contribution in [0.2, 0.25) is 0 Å². The molecule has 0 aromatic carbocycles. The standard InChI is InChI=1S/C13H12N2O5S/c1-20-13(19)9-6(4-7(16)17)8-11(18)14-10(5-2-3-5)15-12(8)21-9/h5H,2-4H2,1H3,(H,16,17)(H,14,15,18)/p-1. The number of aromatic amines is 1. The Balaban J connectivity index is 2.25. The number of carbonyl (C=O) groups excluding carboxylic acids is 2. The van der Waals surface area contributed by atoms with Crippen LogP contribution in [0.25, 0.3) is 10.2 Å². The van der Waals surface area contributed by atoms with E-state index in [1.54, 1.807) is 0 Å². The highest BCUT2D eigenvalue weighted by molar-refractivity contribution is 7.20. The van der Waals surface area contributed by atoms with Gasteiger partial charge < -0.3 is 19.6 Å². The van der Waals surface area contributed by atoms with Crippen molar-refractivity contribution in [2.75, 3.05) is 7.11 Å². The smallest absolute Gasteiger partial charge is 0.348 e. The van der Waals surface area contributed by atoms with E-state index in [4.69, 9.17) is 0 Å². The number of ether oxygens (including phenoxy) is 1. The van der Waals surface area contributed by atoms with E-state index in [2.05, 4.69) is 14.7 Å². The first-order valence-electron chi connectivity index (χ1n) is 6.35. The van der Waals surface area contributed by atoms with Crippen LogP contribution in [0.5, 0.6) is 0 Å². The van der Waals surface area contributed by atoms with E-state index in [-0.39, 0.29) is 21.7 Å². The number of nitrogens with zero attached hydrogens (tertiary/aromatic N) is 1. The van der Waals surface area contributed by atoms with E-state index in [1.807, 2.05) is 0 Å². The van der Waals surface area contributed by atoms with Crippen molar-refractivity contribution in [1.29, 1.82) is 0 Å². The third-order valence-electron chi connectivity index (χ3n) is 3.34. The number of H-pyrrole nitrogens is 1. The Morgan fingerprint density at radius 2 is 2.19 bits per heavy atom. The fourth-order valence-corrected chi connectivity index (χ4v) is 3.32. The first-order chi connectivity index (χ1) is 10.0. The minimum Gasteiger partial charge on any atom is -0.550 e. The van der Waals surface area contributed by atoms with Gasteiger partial charge in [0.05, 0.1) is 12.5 Å². The van der Waals surface area contributed by atoms with Crippen LogP contribution in [0.4, 0.5) is 0 Å². The highest BCUT2D eigenvalue weighted by Gasteiger charge is 2.29. The number of carboxylic acids is 1. The zero-order valence-corrected chi connectivity index (χ0v) is 11.9. The highest BCUT2D eigenvalue weighted by atomic mass is 32.1. The Kier molecular flexibility index (Phi) is 3.25. The Hall–Kier alpha value is -2.22. The van der Waals surface area contributed by atoms with Crippen molar-refractivity contribution in [3.05, 3.63) is 26.6 Å². The molecule has 0 bridgehead atoms. The number of methoxy groups -OCH3 is 1. The molecule has 7 nitrogen and oxygen atoms in total. The lowest BCUT2D eigenvalue weighted by Gasteiger charge is -2.04. The normalized spacial score (nSPS) is 14.3. The zero-order chi connectivity index (χ0) is 15.1. The minimum atomic E-state index is -1.37. The largest absolute Gasteiger partial charge is 0.550 e. The van der Waals surface area contributed by atoms with Gasteiger partial charge in [0.2, 0.25) is 0 Å². The van der Waals surface area contributed by atoms with Gasteiger partial charge in [-0.05, 0) is 18.4 Å². The summed E-state index contributed by atoms with van der Waals surface area (Å²) >= 11 is 0.975. The Labute approximate surface area is 122 Å². The summed E-state index contributed by atoms with van der Waals surface area (Å²) in [4.78, 5) is 42.3. The van der Waals surface area contributed by atoms with E-state index in [9.17, 15) is 19.5 Å². The molecule has 0 unspecified atom stereocenters. The van der Waals surface area contributed by atoms with E-state index in [1.165, 1.54) is 7.11 Å². The molecule has 0 radical (unpaired) electrons. The lowest BCUT2D eigenvalue weighted by molar-refractivity contribution is -0.304. The molecular formula is C13H11N2O5S-. The summed E-state index contributed by atoms with van der Waals surface area (Å²) in [6.07, 6.45) is 1.41. The summed E-state index contributed by atoms with van der Waals surface area (Å²) < 4.78 is 4.64. The van der Waals surface area contributed by atoms with Crippen molar-refractivity contribution in [3.8, 4) is 0 Å². The second-order valence-electron chi connectivity index (χ2n) is 4.86. The second kappa shape index (κ2) is 4.96. The number of carbonyl (C=O) groups is 2. The first kappa shape index (κ1) is 13.7. The molecule has 1 aliphatic carbocycles. The van der Waals surface area contributed by atoms with Gasteiger partial charge in [-0.2, -0.15) is 0 Å². The fourth-order valence-electron chi connectivity index (χ4n) is 2.20. The average molecular weight is 307 g/mol. The van der Waals surface area contributed by atoms with Crippen LogP contribution < -0.4 is 10.7 Å². The average Bonchev–Trinajstić information content (AvgIpc) is 3.21. The molecule has 1 saturated carbocycles. The summed E-state index contributed by atoms with van der Waals surface area (Å²) in [5.41, 5.74) is -0.317. The van der Waals surface area contributed by atoms with E-state index in [0.717, 1.165) is 24.2 Å². The third kappa shape index (κ3) is 2.42. The predicted octanol–water partition coefficient (Wildman–Crippen LogP) is -0.0590. The number of rotatable bonds is 4. The number of hydrogen-bond acceptors (Lipinski definition) is 7. The summed E-state index contributed by atoms with van der Waals surface area (Å²) in [5, 5.41) is 11.0. The molecule has 21 heavy (non-hydrogen) atoms. The minimum absolute atomic E-state index is 0.0858. The summed E-state index contributed by atoms with van der Waals surface area (Å²) in [7, 11) is 1.20. The molecule has 110 valence electrons. The number of hydrogen-bond donors (Lipinski definition) is 1. The van der Waals surface area contributed by atoms with Crippen molar-refractivity contribution in [2.24, 2.45) is 0 Å². The van der Waals surface area contributed by atoms with Gasteiger partial charge in [-0.15, -0.1) is 11.3 Å². The number of carboxylic acid groups (broad SMARTS) is 1. The molecule has 3 rings (SSSR count). The molecule has 0 atom stereocenters. The maximum atomic E-state index is 12.2. The topological polar surface area (TPSA) is 112 Å². The highest BCUT2D eigenvalue weighted by Crippen LogP contribution is 2.39. The molecule has 1 fully saturated rings. The Morgan fingerprint density at radius 3 is 2.76 bits per heavy atom. The monoisotopic (exact) mass is 307 g/mol. The molecule has 2 aromatic rings. The molecule has 0 spiro atoms. The number of thiophene rings is 1. The van der Waals surface area contributed by atoms with Crippen LogP contribution >= 0.6 is 11.3 Å². The second-order valence-corrected chi connectivity index (χ2v) is 5.85. The van der Waals surface area contributed by atoms with Gasteiger partial charge >= 0.3 is 5.97 Å². The number of aromatic nitrogens is 2. The van der Waals surface area contributed by atoms with Crippen LogP contribution in [0, 0.1) is 0 Å². The lowest BCUT2D eigenvalue weighted by atomic mass is 10.1. The first-order valence-corrected chi connectivity index (χ1v) is 7.16. The molecule has 0 saturated heterocycles. The third-order valence-corrected chi connectivity index (χ3v) is 4.44. The summed E-state index contributed by atoms with van der Waals surface area (Å²) in [6, 6.07) is 0. The van der Waals surface area contributed by atoms with Crippen molar-refractivity contribution in [1.82, 2.24) is 9.97 Å². The van der Waals surface area contributed by atoms with E-state index in [0.29, 0.717) is 10.7 Å². The molecule has 8 heteroatoms. The van der Waals surface area contributed by atoms with Crippen LogP contribution in [0.15, 0.2) is 4.79 Å². The molecule has 0 aliphatic heterocycles. The summed E-state index contributed by atoms with van der Waals surface area (Å²) in [5.74, 6) is -1.22. The molecule has 2 heterocycles. The SMILES string of the molecule is COC(=O)c1sc2nc(C3CC3)[nH]c(=O)c2c1CC(=O)[O-]. The van der Waals surface area contributed by atoms with Gasteiger partial charge in [0, 0.05) is 18.3 Å². The number of esters is 1. The Bertz CT molecular complexity index is 803. The molecule has 0 amide bonds. The molecule has 1 aliphatic rings. The number of aliphatic carboxylic acids is 1. The Morgan fingerprint density at radius 1 is 1.48 bits per heavy atom.